The van der Waals surface area contributed by atoms with E-state index in [2.05, 4.69) is 15.5 Å². The molecule has 3 aromatic rings. The number of benzene rings is 1. The van der Waals surface area contributed by atoms with Gasteiger partial charge in [-0.15, -0.1) is 21.5 Å². The quantitative estimate of drug-likeness (QED) is 0.559. The zero-order valence-corrected chi connectivity index (χ0v) is 16.7. The van der Waals surface area contributed by atoms with Crippen LogP contribution in [0.5, 0.6) is 0 Å². The van der Waals surface area contributed by atoms with Crippen molar-refractivity contribution in [3.63, 3.8) is 0 Å². The molecule has 0 aliphatic carbocycles. The lowest BCUT2D eigenvalue weighted by atomic mass is 10.3. The summed E-state index contributed by atoms with van der Waals surface area (Å²) in [7, 11) is 1.86. The van der Waals surface area contributed by atoms with Crippen LogP contribution in [-0.2, 0) is 11.8 Å². The Labute approximate surface area is 167 Å². The van der Waals surface area contributed by atoms with E-state index in [0.29, 0.717) is 15.9 Å². The summed E-state index contributed by atoms with van der Waals surface area (Å²) in [6, 6.07) is 6.97. The zero-order chi connectivity index (χ0) is 18.0. The fourth-order valence-corrected chi connectivity index (χ4v) is 4.39. The summed E-state index contributed by atoms with van der Waals surface area (Å²) >= 11 is 20.9. The molecule has 25 heavy (non-hydrogen) atoms. The van der Waals surface area contributed by atoms with E-state index >= 15 is 0 Å². The van der Waals surface area contributed by atoms with Gasteiger partial charge in [0, 0.05) is 12.1 Å². The topological polar surface area (TPSA) is 59.8 Å². The maximum Gasteiger partial charge on any atom is 0.234 e. The first-order valence-corrected chi connectivity index (χ1v) is 9.96. The van der Waals surface area contributed by atoms with Crippen LogP contribution >= 0.6 is 57.9 Å². The second-order valence-corrected chi connectivity index (χ2v) is 8.06. The Hall–Kier alpha value is -1.25. The number of nitrogens with zero attached hydrogens (tertiary/aromatic N) is 3. The van der Waals surface area contributed by atoms with E-state index in [4.69, 9.17) is 34.8 Å². The molecule has 0 aliphatic rings. The number of carbonyl (C=O) groups is 1. The lowest BCUT2D eigenvalue weighted by Gasteiger charge is -2.09. The molecule has 0 unspecified atom stereocenters. The molecule has 2 aromatic heterocycles. The number of halogens is 3. The van der Waals surface area contributed by atoms with E-state index in [1.807, 2.05) is 29.1 Å². The van der Waals surface area contributed by atoms with Crippen molar-refractivity contribution in [3.8, 4) is 10.7 Å². The van der Waals surface area contributed by atoms with Crippen molar-refractivity contribution in [1.29, 1.82) is 0 Å². The van der Waals surface area contributed by atoms with Crippen LogP contribution in [-0.4, -0.2) is 26.4 Å². The van der Waals surface area contributed by atoms with Crippen LogP contribution in [0, 0.1) is 0 Å². The van der Waals surface area contributed by atoms with Gasteiger partial charge in [-0.25, -0.2) is 0 Å². The maximum absolute atomic E-state index is 12.2. The third-order valence-corrected chi connectivity index (χ3v) is 5.88. The summed E-state index contributed by atoms with van der Waals surface area (Å²) in [4.78, 5) is 13.2. The molecule has 0 spiro atoms. The summed E-state index contributed by atoms with van der Waals surface area (Å²) in [6.07, 6.45) is 0. The van der Waals surface area contributed by atoms with E-state index in [1.54, 1.807) is 11.3 Å². The van der Waals surface area contributed by atoms with Crippen molar-refractivity contribution in [3.05, 3.63) is 44.7 Å². The van der Waals surface area contributed by atoms with Gasteiger partial charge in [0.25, 0.3) is 0 Å². The number of thioether (sulfide) groups is 1. The molecule has 3 rings (SSSR count). The van der Waals surface area contributed by atoms with E-state index in [-0.39, 0.29) is 21.7 Å². The molecule has 130 valence electrons. The van der Waals surface area contributed by atoms with Crippen LogP contribution in [0.3, 0.4) is 0 Å². The normalized spacial score (nSPS) is 10.9. The first-order chi connectivity index (χ1) is 12.0. The maximum atomic E-state index is 12.2. The van der Waals surface area contributed by atoms with Gasteiger partial charge in [0.2, 0.25) is 5.91 Å². The molecular formula is C15H11Cl3N4OS2. The minimum atomic E-state index is -0.253. The van der Waals surface area contributed by atoms with Gasteiger partial charge in [0.05, 0.1) is 26.4 Å². The highest BCUT2D eigenvalue weighted by atomic mass is 35.5. The first kappa shape index (κ1) is 18.5. The summed E-state index contributed by atoms with van der Waals surface area (Å²) in [5.41, 5.74) is 0.343. The smallest absolute Gasteiger partial charge is 0.234 e. The van der Waals surface area contributed by atoms with Gasteiger partial charge in [-0.3, -0.25) is 4.79 Å². The summed E-state index contributed by atoms with van der Waals surface area (Å²) in [5, 5.41) is 14.6. The molecule has 1 aromatic carbocycles. The van der Waals surface area contributed by atoms with Crippen molar-refractivity contribution in [2.45, 2.75) is 5.16 Å². The van der Waals surface area contributed by atoms with Crippen molar-refractivity contribution in [2.75, 3.05) is 11.1 Å². The van der Waals surface area contributed by atoms with Crippen LogP contribution in [0.4, 0.5) is 5.69 Å². The molecule has 0 atom stereocenters. The Morgan fingerprint density at radius 1 is 1.28 bits per heavy atom. The van der Waals surface area contributed by atoms with Gasteiger partial charge in [0.1, 0.15) is 0 Å². The number of hydrogen-bond donors (Lipinski definition) is 1. The molecule has 0 aliphatic heterocycles. The Morgan fingerprint density at radius 2 is 2.00 bits per heavy atom. The minimum absolute atomic E-state index is 0.145. The summed E-state index contributed by atoms with van der Waals surface area (Å²) in [5.74, 6) is 0.657. The van der Waals surface area contributed by atoms with E-state index in [9.17, 15) is 4.79 Å². The van der Waals surface area contributed by atoms with Crippen LogP contribution in [0.25, 0.3) is 10.7 Å². The van der Waals surface area contributed by atoms with E-state index < -0.39 is 0 Å². The molecule has 0 fully saturated rings. The lowest BCUT2D eigenvalue weighted by molar-refractivity contribution is -0.113. The van der Waals surface area contributed by atoms with Crippen molar-refractivity contribution in [1.82, 2.24) is 14.8 Å². The van der Waals surface area contributed by atoms with Gasteiger partial charge in [0.15, 0.2) is 11.0 Å². The molecule has 1 amide bonds. The molecule has 0 saturated carbocycles. The minimum Gasteiger partial charge on any atom is -0.323 e. The van der Waals surface area contributed by atoms with E-state index in [0.717, 1.165) is 10.7 Å². The van der Waals surface area contributed by atoms with Gasteiger partial charge in [-0.2, -0.15) is 0 Å². The Kier molecular flexibility index (Phi) is 5.91. The average Bonchev–Trinajstić information content (AvgIpc) is 3.18. The van der Waals surface area contributed by atoms with Crippen molar-refractivity contribution < 1.29 is 4.79 Å². The lowest BCUT2D eigenvalue weighted by Crippen LogP contribution is -2.15. The molecular weight excluding hydrogens is 423 g/mol. The van der Waals surface area contributed by atoms with Crippen molar-refractivity contribution in [2.24, 2.45) is 7.05 Å². The molecule has 5 nitrogen and oxygen atoms in total. The number of carbonyl (C=O) groups excluding carboxylic acids is 1. The van der Waals surface area contributed by atoms with Crippen LogP contribution in [0.1, 0.15) is 0 Å². The number of rotatable bonds is 5. The number of hydrogen-bond acceptors (Lipinski definition) is 5. The number of amides is 1. The van der Waals surface area contributed by atoms with Gasteiger partial charge in [-0.05, 0) is 23.6 Å². The SMILES string of the molecule is Cn1c(SCC(=O)Nc2c(Cl)cc(Cl)cc2Cl)nnc1-c1cccs1. The number of anilines is 1. The van der Waals surface area contributed by atoms with E-state index in [1.165, 1.54) is 23.9 Å². The monoisotopic (exact) mass is 432 g/mol. The second kappa shape index (κ2) is 7.97. The first-order valence-electron chi connectivity index (χ1n) is 6.96. The summed E-state index contributed by atoms with van der Waals surface area (Å²) in [6.45, 7) is 0. The summed E-state index contributed by atoms with van der Waals surface area (Å²) < 4.78 is 1.85. The predicted molar refractivity (Wildman–Crippen MR) is 105 cm³/mol. The predicted octanol–water partition coefficient (Wildman–Crippen LogP) is 5.23. The van der Waals surface area contributed by atoms with Crippen LogP contribution < -0.4 is 5.32 Å². The number of thiophene rings is 1. The fraction of sp³-hybridized carbons (Fsp3) is 0.133. The molecule has 2 heterocycles. The largest absolute Gasteiger partial charge is 0.323 e. The Balaban J connectivity index is 1.66. The second-order valence-electron chi connectivity index (χ2n) is 4.92. The standard InChI is InChI=1S/C15H11Cl3N4OS2/c1-22-14(11-3-2-4-24-11)20-21-15(22)25-7-12(23)19-13-9(17)5-8(16)6-10(13)18/h2-6H,7H2,1H3,(H,19,23). The van der Waals surface area contributed by atoms with Crippen LogP contribution in [0.2, 0.25) is 15.1 Å². The molecule has 0 saturated heterocycles. The van der Waals surface area contributed by atoms with Crippen LogP contribution in [0.15, 0.2) is 34.8 Å². The third-order valence-electron chi connectivity index (χ3n) is 3.18. The third kappa shape index (κ3) is 4.30. The number of nitrogens with one attached hydrogen (secondary N) is 1. The van der Waals surface area contributed by atoms with Crippen molar-refractivity contribution >= 4 is 69.5 Å². The Morgan fingerprint density at radius 3 is 2.64 bits per heavy atom. The highest BCUT2D eigenvalue weighted by molar-refractivity contribution is 7.99. The van der Waals surface area contributed by atoms with Gasteiger partial charge >= 0.3 is 0 Å². The molecule has 10 heteroatoms. The number of aromatic nitrogens is 3. The Bertz CT molecular complexity index is 889. The fourth-order valence-electron chi connectivity index (χ4n) is 2.03. The molecule has 0 bridgehead atoms. The van der Waals surface area contributed by atoms with Gasteiger partial charge in [-0.1, -0.05) is 52.6 Å². The van der Waals surface area contributed by atoms with Gasteiger partial charge < -0.3 is 9.88 Å². The zero-order valence-electron chi connectivity index (χ0n) is 12.8. The molecule has 0 radical (unpaired) electrons. The highest BCUT2D eigenvalue weighted by Crippen LogP contribution is 2.34. The average molecular weight is 434 g/mol. The molecule has 1 N–H and O–H groups in total. The highest BCUT2D eigenvalue weighted by Gasteiger charge is 2.15.